The van der Waals surface area contributed by atoms with Gasteiger partial charge in [0, 0.05) is 14.0 Å². The van der Waals surface area contributed by atoms with Gasteiger partial charge in [0.15, 0.2) is 6.79 Å². The summed E-state index contributed by atoms with van der Waals surface area (Å²) < 4.78 is 16.1. The summed E-state index contributed by atoms with van der Waals surface area (Å²) in [5.74, 6) is 0.145. The Bertz CT molecular complexity index is 342. The van der Waals surface area contributed by atoms with Gasteiger partial charge in [0.25, 0.3) is 0 Å². The SMILES string of the molecule is COCO[C@@]1(C)CNc2ccccc2O1. The van der Waals surface area contributed by atoms with Gasteiger partial charge in [-0.3, -0.25) is 0 Å². The van der Waals surface area contributed by atoms with Crippen LogP contribution in [0.2, 0.25) is 0 Å². The maximum atomic E-state index is 5.76. The molecule has 0 saturated carbocycles. The van der Waals surface area contributed by atoms with Crippen LogP contribution < -0.4 is 10.1 Å². The van der Waals surface area contributed by atoms with Crippen LogP contribution in [0.5, 0.6) is 5.75 Å². The van der Waals surface area contributed by atoms with Crippen LogP contribution in [0.3, 0.4) is 0 Å². The standard InChI is InChI=1S/C11H15NO3/c1-11(14-8-13-2)7-12-9-5-3-4-6-10(9)15-11/h3-6,12H,7-8H2,1-2H3/t11-/m1/s1. The zero-order chi connectivity index (χ0) is 10.7. The molecule has 0 saturated heterocycles. The summed E-state index contributed by atoms with van der Waals surface area (Å²) in [6.07, 6.45) is 0. The molecule has 15 heavy (non-hydrogen) atoms. The third-order valence-corrected chi connectivity index (χ3v) is 2.29. The second-order valence-electron chi connectivity index (χ2n) is 3.64. The summed E-state index contributed by atoms with van der Waals surface area (Å²) in [4.78, 5) is 0. The van der Waals surface area contributed by atoms with Crippen molar-refractivity contribution in [2.24, 2.45) is 0 Å². The maximum absolute atomic E-state index is 5.76. The van der Waals surface area contributed by atoms with Crippen LogP contribution in [0.1, 0.15) is 6.92 Å². The molecule has 1 aliphatic rings. The molecule has 1 aliphatic heterocycles. The Kier molecular flexibility index (Phi) is 2.79. The third kappa shape index (κ3) is 2.22. The molecule has 0 spiro atoms. The highest BCUT2D eigenvalue weighted by atomic mass is 16.8. The summed E-state index contributed by atoms with van der Waals surface area (Å²) in [7, 11) is 1.59. The number of rotatable bonds is 3. The van der Waals surface area contributed by atoms with E-state index in [1.54, 1.807) is 7.11 Å². The van der Waals surface area contributed by atoms with Gasteiger partial charge in [-0.15, -0.1) is 0 Å². The van der Waals surface area contributed by atoms with Gasteiger partial charge >= 0.3 is 0 Å². The van der Waals surface area contributed by atoms with E-state index < -0.39 is 5.79 Å². The molecule has 1 heterocycles. The minimum absolute atomic E-state index is 0.223. The van der Waals surface area contributed by atoms with Crippen LogP contribution >= 0.6 is 0 Å². The maximum Gasteiger partial charge on any atom is 0.227 e. The second-order valence-corrected chi connectivity index (χ2v) is 3.64. The zero-order valence-corrected chi connectivity index (χ0v) is 8.95. The van der Waals surface area contributed by atoms with Crippen LogP contribution in [-0.2, 0) is 9.47 Å². The molecule has 0 amide bonds. The van der Waals surface area contributed by atoms with Gasteiger partial charge in [-0.05, 0) is 12.1 Å². The first-order valence-electron chi connectivity index (χ1n) is 4.88. The fourth-order valence-electron chi connectivity index (χ4n) is 1.49. The molecular weight excluding hydrogens is 194 g/mol. The highest BCUT2D eigenvalue weighted by Crippen LogP contribution is 2.32. The fraction of sp³-hybridized carbons (Fsp3) is 0.455. The average molecular weight is 209 g/mol. The zero-order valence-electron chi connectivity index (χ0n) is 8.95. The van der Waals surface area contributed by atoms with Gasteiger partial charge in [0.2, 0.25) is 5.79 Å². The number of methoxy groups -OCH3 is 1. The van der Waals surface area contributed by atoms with Crippen LogP contribution in [0.25, 0.3) is 0 Å². The fourth-order valence-corrected chi connectivity index (χ4v) is 1.49. The monoisotopic (exact) mass is 209 g/mol. The highest BCUT2D eigenvalue weighted by Gasteiger charge is 2.32. The van der Waals surface area contributed by atoms with Crippen LogP contribution in [0.4, 0.5) is 5.69 Å². The summed E-state index contributed by atoms with van der Waals surface area (Å²) in [5, 5.41) is 3.26. The molecule has 1 N–H and O–H groups in total. The number of benzene rings is 1. The predicted octanol–water partition coefficient (Wildman–Crippen LogP) is 1.83. The van der Waals surface area contributed by atoms with E-state index in [0.717, 1.165) is 11.4 Å². The lowest BCUT2D eigenvalue weighted by Gasteiger charge is -2.35. The van der Waals surface area contributed by atoms with Crippen LogP contribution in [-0.4, -0.2) is 26.2 Å². The highest BCUT2D eigenvalue weighted by molar-refractivity contribution is 5.57. The van der Waals surface area contributed by atoms with Gasteiger partial charge in [0.05, 0.1) is 12.2 Å². The molecule has 0 fully saturated rings. The third-order valence-electron chi connectivity index (χ3n) is 2.29. The lowest BCUT2D eigenvalue weighted by molar-refractivity contribution is -0.210. The Morgan fingerprint density at radius 3 is 3.07 bits per heavy atom. The molecule has 2 rings (SSSR count). The molecule has 82 valence electrons. The van der Waals surface area contributed by atoms with Crippen molar-refractivity contribution in [2.75, 3.05) is 25.8 Å². The Labute approximate surface area is 89.1 Å². The second kappa shape index (κ2) is 4.08. The molecule has 0 aromatic heterocycles. The van der Waals surface area contributed by atoms with E-state index in [1.165, 1.54) is 0 Å². The molecule has 4 nitrogen and oxygen atoms in total. The molecule has 1 aromatic carbocycles. The van der Waals surface area contributed by atoms with Gasteiger partial charge in [-0.25, -0.2) is 0 Å². The van der Waals surface area contributed by atoms with Gasteiger partial charge in [0.1, 0.15) is 5.75 Å². The quantitative estimate of drug-likeness (QED) is 0.771. The average Bonchev–Trinajstić information content (AvgIpc) is 2.26. The van der Waals surface area contributed by atoms with E-state index in [4.69, 9.17) is 14.2 Å². The number of hydrogen-bond acceptors (Lipinski definition) is 4. The molecular formula is C11H15NO3. The van der Waals surface area contributed by atoms with Crippen molar-refractivity contribution < 1.29 is 14.2 Å². The molecule has 1 aromatic rings. The van der Waals surface area contributed by atoms with E-state index in [1.807, 2.05) is 31.2 Å². The molecule has 1 atom stereocenters. The van der Waals surface area contributed by atoms with E-state index in [0.29, 0.717) is 6.54 Å². The summed E-state index contributed by atoms with van der Waals surface area (Å²) in [5.41, 5.74) is 0.996. The number of hydrogen-bond donors (Lipinski definition) is 1. The number of para-hydroxylation sites is 2. The summed E-state index contributed by atoms with van der Waals surface area (Å²) >= 11 is 0. The lowest BCUT2D eigenvalue weighted by atomic mass is 10.2. The minimum atomic E-state index is -0.662. The topological polar surface area (TPSA) is 39.7 Å². The van der Waals surface area contributed by atoms with E-state index >= 15 is 0 Å². The predicted molar refractivity (Wildman–Crippen MR) is 56.9 cm³/mol. The Hall–Kier alpha value is -1.26. The van der Waals surface area contributed by atoms with Crippen molar-refractivity contribution in [3.63, 3.8) is 0 Å². The first-order valence-corrected chi connectivity index (χ1v) is 4.88. The number of nitrogens with one attached hydrogen (secondary N) is 1. The van der Waals surface area contributed by atoms with Gasteiger partial charge < -0.3 is 19.5 Å². The van der Waals surface area contributed by atoms with Gasteiger partial charge in [-0.1, -0.05) is 12.1 Å². The van der Waals surface area contributed by atoms with Gasteiger partial charge in [-0.2, -0.15) is 0 Å². The number of fused-ring (bicyclic) bond motifs is 1. The first-order chi connectivity index (χ1) is 7.23. The smallest absolute Gasteiger partial charge is 0.227 e. The molecule has 4 heteroatoms. The number of ether oxygens (including phenoxy) is 3. The van der Waals surface area contributed by atoms with Crippen molar-refractivity contribution in [1.29, 1.82) is 0 Å². The van der Waals surface area contributed by atoms with Crippen molar-refractivity contribution >= 4 is 5.69 Å². The molecule has 0 unspecified atom stereocenters. The molecule has 0 aliphatic carbocycles. The number of anilines is 1. The first kappa shape index (κ1) is 10.3. The largest absolute Gasteiger partial charge is 0.458 e. The Balaban J connectivity index is 2.10. The molecule has 0 bridgehead atoms. The van der Waals surface area contributed by atoms with Crippen molar-refractivity contribution in [1.82, 2.24) is 0 Å². The molecule has 0 radical (unpaired) electrons. The summed E-state index contributed by atoms with van der Waals surface area (Å²) in [6, 6.07) is 7.79. The van der Waals surface area contributed by atoms with Crippen molar-refractivity contribution in [3.05, 3.63) is 24.3 Å². The Morgan fingerprint density at radius 2 is 2.27 bits per heavy atom. The van der Waals surface area contributed by atoms with Crippen LogP contribution in [0, 0.1) is 0 Å². The minimum Gasteiger partial charge on any atom is -0.458 e. The van der Waals surface area contributed by atoms with Crippen LogP contribution in [0.15, 0.2) is 24.3 Å². The van der Waals surface area contributed by atoms with Crippen molar-refractivity contribution in [2.45, 2.75) is 12.7 Å². The van der Waals surface area contributed by atoms with Crippen molar-refractivity contribution in [3.8, 4) is 5.75 Å². The normalized spacial score (nSPS) is 23.9. The van der Waals surface area contributed by atoms with E-state index in [9.17, 15) is 0 Å². The summed E-state index contributed by atoms with van der Waals surface area (Å²) in [6.45, 7) is 2.71. The van der Waals surface area contributed by atoms with E-state index in [-0.39, 0.29) is 6.79 Å². The Morgan fingerprint density at radius 1 is 1.47 bits per heavy atom. The van der Waals surface area contributed by atoms with E-state index in [2.05, 4.69) is 5.32 Å². The lowest BCUT2D eigenvalue weighted by Crippen LogP contribution is -2.45.